The lowest BCUT2D eigenvalue weighted by Gasteiger charge is -2.30. The Hall–Kier alpha value is -4.04. The zero-order valence-corrected chi connectivity index (χ0v) is 19.9. The molecule has 3 amide bonds. The fourth-order valence-electron chi connectivity index (χ4n) is 3.84. The smallest absolute Gasteiger partial charge is 0.416 e. The Balaban J connectivity index is 1.62. The summed E-state index contributed by atoms with van der Waals surface area (Å²) in [6.45, 7) is 1.48. The molecule has 11 heteroatoms. The second-order valence-corrected chi connectivity index (χ2v) is 8.27. The zero-order valence-electron chi connectivity index (χ0n) is 19.9. The number of rotatable bonds is 8. The molecule has 1 aliphatic heterocycles. The van der Waals surface area contributed by atoms with E-state index in [2.05, 4.69) is 22.5 Å². The molecule has 0 bridgehead atoms. The number of halogens is 3. The van der Waals surface area contributed by atoms with Gasteiger partial charge in [-0.2, -0.15) is 13.2 Å². The molecule has 0 aromatic heterocycles. The molecule has 3 N–H and O–H groups in total. The van der Waals surface area contributed by atoms with E-state index >= 15 is 0 Å². The SMILES string of the molecule is CC#C[C@H](O)[C@H](CNC(=O)OCc1ccccc1)N1CC[C@H](NC(=O)c2cccc(C(F)(F)F)c2)C1=O. The van der Waals surface area contributed by atoms with Crippen molar-refractivity contribution in [1.29, 1.82) is 0 Å². The van der Waals surface area contributed by atoms with Crippen molar-refractivity contribution < 1.29 is 37.4 Å². The highest BCUT2D eigenvalue weighted by Gasteiger charge is 2.39. The van der Waals surface area contributed by atoms with E-state index in [-0.39, 0.29) is 31.7 Å². The molecule has 1 aliphatic rings. The van der Waals surface area contributed by atoms with Gasteiger partial charge < -0.3 is 25.4 Å². The van der Waals surface area contributed by atoms with Crippen molar-refractivity contribution in [1.82, 2.24) is 15.5 Å². The number of aliphatic hydroxyl groups is 1. The highest BCUT2D eigenvalue weighted by molar-refractivity contribution is 5.98. The average Bonchev–Trinajstić information content (AvgIpc) is 3.22. The van der Waals surface area contributed by atoms with Crippen molar-refractivity contribution in [3.05, 3.63) is 71.3 Å². The maximum atomic E-state index is 13.0. The molecule has 0 aliphatic carbocycles. The summed E-state index contributed by atoms with van der Waals surface area (Å²) < 4.78 is 44.1. The van der Waals surface area contributed by atoms with Gasteiger partial charge in [-0.1, -0.05) is 42.3 Å². The third-order valence-corrected chi connectivity index (χ3v) is 5.72. The number of amides is 3. The number of nitrogens with one attached hydrogen (secondary N) is 2. The Morgan fingerprint density at radius 1 is 1.19 bits per heavy atom. The Kier molecular flexibility index (Phi) is 9.14. The van der Waals surface area contributed by atoms with E-state index in [1.807, 2.05) is 6.07 Å². The molecule has 37 heavy (non-hydrogen) atoms. The third kappa shape index (κ3) is 7.47. The first-order valence-electron chi connectivity index (χ1n) is 11.4. The summed E-state index contributed by atoms with van der Waals surface area (Å²) in [5, 5.41) is 15.5. The van der Waals surface area contributed by atoms with Crippen LogP contribution in [-0.4, -0.2) is 59.2 Å². The molecule has 0 spiro atoms. The van der Waals surface area contributed by atoms with Crippen LogP contribution in [0.2, 0.25) is 0 Å². The predicted molar refractivity (Wildman–Crippen MR) is 127 cm³/mol. The Morgan fingerprint density at radius 2 is 1.92 bits per heavy atom. The van der Waals surface area contributed by atoms with Crippen LogP contribution in [-0.2, 0) is 22.3 Å². The van der Waals surface area contributed by atoms with E-state index in [0.29, 0.717) is 6.07 Å². The van der Waals surface area contributed by atoms with Crippen LogP contribution >= 0.6 is 0 Å². The van der Waals surface area contributed by atoms with E-state index in [4.69, 9.17) is 4.74 Å². The molecule has 3 atom stereocenters. The minimum atomic E-state index is -4.62. The number of carbonyl (C=O) groups is 3. The highest BCUT2D eigenvalue weighted by atomic mass is 19.4. The molecule has 196 valence electrons. The van der Waals surface area contributed by atoms with Gasteiger partial charge in [0.15, 0.2) is 0 Å². The number of hydrogen-bond donors (Lipinski definition) is 3. The minimum absolute atomic E-state index is 0.0287. The molecule has 1 fully saturated rings. The molecule has 1 saturated heterocycles. The lowest BCUT2D eigenvalue weighted by molar-refractivity contribution is -0.137. The summed E-state index contributed by atoms with van der Waals surface area (Å²) in [6.07, 6.45) is -6.52. The molecule has 2 aromatic carbocycles. The van der Waals surface area contributed by atoms with Gasteiger partial charge in [0.2, 0.25) is 5.91 Å². The number of ether oxygens (including phenoxy) is 1. The summed E-state index contributed by atoms with van der Waals surface area (Å²) >= 11 is 0. The molecule has 0 saturated carbocycles. The summed E-state index contributed by atoms with van der Waals surface area (Å²) in [6, 6.07) is 10.9. The number of alkyl carbamates (subject to hydrolysis) is 1. The van der Waals surface area contributed by atoms with E-state index in [0.717, 1.165) is 17.7 Å². The maximum Gasteiger partial charge on any atom is 0.416 e. The number of hydrogen-bond acceptors (Lipinski definition) is 5. The standard InChI is InChI=1S/C26H26F3N3O5/c1-2-7-22(33)21(15-30-25(36)37-16-17-8-4-3-5-9-17)32-13-12-20(24(32)35)31-23(34)18-10-6-11-19(14-18)26(27,28)29/h3-6,8-11,14,20-22,33H,12-13,15-16H2,1H3,(H,30,36)(H,31,34)/t20-,21-,22-/m0/s1. The molecule has 1 heterocycles. The first-order valence-corrected chi connectivity index (χ1v) is 11.4. The van der Waals surface area contributed by atoms with Crippen LogP contribution in [0.5, 0.6) is 0 Å². The van der Waals surface area contributed by atoms with Gasteiger partial charge in [0, 0.05) is 18.7 Å². The Bertz CT molecular complexity index is 1180. The van der Waals surface area contributed by atoms with Crippen molar-refractivity contribution >= 4 is 17.9 Å². The van der Waals surface area contributed by atoms with Gasteiger partial charge >= 0.3 is 12.3 Å². The molecular formula is C26H26F3N3O5. The number of nitrogens with zero attached hydrogens (tertiary/aromatic N) is 1. The van der Waals surface area contributed by atoms with Crippen LogP contribution in [0.4, 0.5) is 18.0 Å². The van der Waals surface area contributed by atoms with Gasteiger partial charge in [0.05, 0.1) is 11.6 Å². The van der Waals surface area contributed by atoms with E-state index in [1.165, 1.54) is 17.9 Å². The van der Waals surface area contributed by atoms with Gasteiger partial charge in [0.25, 0.3) is 5.91 Å². The number of aliphatic hydroxyl groups excluding tert-OH is 1. The van der Waals surface area contributed by atoms with Gasteiger partial charge in [-0.25, -0.2) is 4.79 Å². The number of benzene rings is 2. The van der Waals surface area contributed by atoms with Crippen molar-refractivity contribution in [2.75, 3.05) is 13.1 Å². The van der Waals surface area contributed by atoms with Crippen LogP contribution in [0, 0.1) is 11.8 Å². The number of alkyl halides is 3. The Labute approximate surface area is 211 Å². The van der Waals surface area contributed by atoms with Gasteiger partial charge in [-0.3, -0.25) is 9.59 Å². The van der Waals surface area contributed by atoms with E-state index in [9.17, 15) is 32.7 Å². The van der Waals surface area contributed by atoms with Crippen molar-refractivity contribution in [2.24, 2.45) is 0 Å². The van der Waals surface area contributed by atoms with Crippen LogP contribution in [0.3, 0.4) is 0 Å². The quantitative estimate of drug-likeness (QED) is 0.467. The van der Waals surface area contributed by atoms with Crippen molar-refractivity contribution in [3.63, 3.8) is 0 Å². The van der Waals surface area contributed by atoms with E-state index in [1.54, 1.807) is 24.3 Å². The average molecular weight is 518 g/mol. The molecule has 3 rings (SSSR count). The number of carbonyl (C=O) groups excluding carboxylic acids is 3. The molecule has 0 unspecified atom stereocenters. The lowest BCUT2D eigenvalue weighted by Crippen LogP contribution is -2.53. The molecule has 0 radical (unpaired) electrons. The maximum absolute atomic E-state index is 13.0. The van der Waals surface area contributed by atoms with Crippen LogP contribution in [0.1, 0.15) is 34.8 Å². The monoisotopic (exact) mass is 517 g/mol. The molecular weight excluding hydrogens is 491 g/mol. The summed E-state index contributed by atoms with van der Waals surface area (Å²) in [5.41, 5.74) is -0.441. The first kappa shape index (κ1) is 27.5. The van der Waals surface area contributed by atoms with Crippen LogP contribution < -0.4 is 10.6 Å². The molecule has 8 nitrogen and oxygen atoms in total. The van der Waals surface area contributed by atoms with Crippen LogP contribution in [0.15, 0.2) is 54.6 Å². The van der Waals surface area contributed by atoms with Gasteiger partial charge in [-0.05, 0) is 37.1 Å². The highest BCUT2D eigenvalue weighted by Crippen LogP contribution is 2.29. The van der Waals surface area contributed by atoms with Crippen molar-refractivity contribution in [2.45, 2.75) is 44.3 Å². The largest absolute Gasteiger partial charge is 0.445 e. The topological polar surface area (TPSA) is 108 Å². The summed E-state index contributed by atoms with van der Waals surface area (Å²) in [4.78, 5) is 39.0. The first-order chi connectivity index (χ1) is 17.6. The molecule has 2 aromatic rings. The summed E-state index contributed by atoms with van der Waals surface area (Å²) in [7, 11) is 0. The predicted octanol–water partition coefficient (Wildman–Crippen LogP) is 2.72. The van der Waals surface area contributed by atoms with Gasteiger partial charge in [-0.15, -0.1) is 5.92 Å². The van der Waals surface area contributed by atoms with Crippen molar-refractivity contribution in [3.8, 4) is 11.8 Å². The lowest BCUT2D eigenvalue weighted by atomic mass is 10.1. The normalized spacial score (nSPS) is 16.8. The van der Waals surface area contributed by atoms with E-state index < -0.39 is 47.8 Å². The number of likely N-dealkylation sites (tertiary alicyclic amines) is 1. The third-order valence-electron chi connectivity index (χ3n) is 5.72. The second-order valence-electron chi connectivity index (χ2n) is 8.27. The van der Waals surface area contributed by atoms with Crippen LogP contribution in [0.25, 0.3) is 0 Å². The zero-order chi connectivity index (χ0) is 27.0. The fourth-order valence-corrected chi connectivity index (χ4v) is 3.84. The fraction of sp³-hybridized carbons (Fsp3) is 0.346. The minimum Gasteiger partial charge on any atom is -0.445 e. The van der Waals surface area contributed by atoms with Gasteiger partial charge in [0.1, 0.15) is 18.8 Å². The second kappa shape index (κ2) is 12.3. The summed E-state index contributed by atoms with van der Waals surface area (Å²) in [5.74, 6) is 3.72. The Morgan fingerprint density at radius 3 is 2.59 bits per heavy atom.